The van der Waals surface area contributed by atoms with Gasteiger partial charge >= 0.3 is 5.97 Å². The molecule has 9 nitrogen and oxygen atoms in total. The Morgan fingerprint density at radius 1 is 1.48 bits per heavy atom. The number of esters is 1. The maximum absolute atomic E-state index is 12.0. The normalized spacial score (nSPS) is 16.6. The van der Waals surface area contributed by atoms with E-state index in [1.54, 1.807) is 17.9 Å². The highest BCUT2D eigenvalue weighted by atomic mass is 16.6. The van der Waals surface area contributed by atoms with E-state index in [2.05, 4.69) is 5.32 Å². The Morgan fingerprint density at radius 2 is 2.24 bits per heavy atom. The molecule has 0 aliphatic carbocycles. The molecule has 25 heavy (non-hydrogen) atoms. The molecule has 1 aromatic carbocycles. The van der Waals surface area contributed by atoms with Crippen LogP contribution in [0.3, 0.4) is 0 Å². The van der Waals surface area contributed by atoms with E-state index in [9.17, 15) is 19.7 Å². The van der Waals surface area contributed by atoms with Crippen LogP contribution in [0.25, 0.3) is 0 Å². The predicted octanol–water partition coefficient (Wildman–Crippen LogP) is 1.43. The summed E-state index contributed by atoms with van der Waals surface area (Å²) in [5.74, 6) is -0.494. The molecular weight excluding hydrogens is 330 g/mol. The molecule has 1 atom stereocenters. The highest BCUT2D eigenvalue weighted by molar-refractivity contribution is 5.86. The Morgan fingerprint density at radius 3 is 2.88 bits per heavy atom. The molecule has 0 unspecified atom stereocenters. The highest BCUT2D eigenvalue weighted by Crippen LogP contribution is 2.29. The number of hydrogen-bond acceptors (Lipinski definition) is 7. The van der Waals surface area contributed by atoms with Gasteiger partial charge in [-0.25, -0.2) is 0 Å². The van der Waals surface area contributed by atoms with E-state index < -0.39 is 10.8 Å². The fourth-order valence-electron chi connectivity index (χ4n) is 2.67. The van der Waals surface area contributed by atoms with Gasteiger partial charge in [0.2, 0.25) is 5.91 Å². The number of hydrogen-bond donors (Lipinski definition) is 1. The third-order valence-electron chi connectivity index (χ3n) is 3.93. The summed E-state index contributed by atoms with van der Waals surface area (Å²) < 4.78 is 10.1. The van der Waals surface area contributed by atoms with Gasteiger partial charge < -0.3 is 19.7 Å². The zero-order valence-electron chi connectivity index (χ0n) is 14.2. The molecule has 0 saturated carbocycles. The number of nitrogens with one attached hydrogen (secondary N) is 1. The molecule has 0 spiro atoms. The fourth-order valence-corrected chi connectivity index (χ4v) is 2.67. The average Bonchev–Trinajstić information content (AvgIpc) is 2.96. The molecule has 0 aromatic heterocycles. The summed E-state index contributed by atoms with van der Waals surface area (Å²) in [7, 11) is 1.43. The summed E-state index contributed by atoms with van der Waals surface area (Å²) in [4.78, 5) is 35.6. The number of ether oxygens (including phenoxy) is 2. The molecule has 1 amide bonds. The van der Waals surface area contributed by atoms with Gasteiger partial charge in [-0.15, -0.1) is 0 Å². The first-order chi connectivity index (χ1) is 12.0. The molecule has 1 aromatic rings. The zero-order chi connectivity index (χ0) is 18.4. The maximum Gasteiger partial charge on any atom is 0.311 e. The molecule has 2 rings (SSSR count). The first kappa shape index (κ1) is 18.5. The Hall–Kier alpha value is -2.84. The summed E-state index contributed by atoms with van der Waals surface area (Å²) in [6.07, 6.45) is 0.166. The van der Waals surface area contributed by atoms with Gasteiger partial charge in [-0.2, -0.15) is 0 Å². The highest BCUT2D eigenvalue weighted by Gasteiger charge is 2.34. The van der Waals surface area contributed by atoms with Crippen LogP contribution in [-0.2, 0) is 14.3 Å². The number of methoxy groups -OCH3 is 1. The van der Waals surface area contributed by atoms with Crippen molar-refractivity contribution in [1.82, 2.24) is 4.90 Å². The van der Waals surface area contributed by atoms with Crippen molar-refractivity contribution < 1.29 is 24.0 Å². The first-order valence-corrected chi connectivity index (χ1v) is 7.97. The standard InChI is InChI=1S/C16H21N3O6/c1-3-25-16(21)11-8-15(20)18(10-11)7-6-17-13-5-4-12(19(22)23)9-14(13)24-2/h4-5,9,11,17H,3,6-8,10H2,1-2H3/t11-/m0/s1. The van der Waals surface area contributed by atoms with Crippen molar-refractivity contribution in [1.29, 1.82) is 0 Å². The number of benzene rings is 1. The Kier molecular flexibility index (Phi) is 6.15. The lowest BCUT2D eigenvalue weighted by Gasteiger charge is -2.18. The van der Waals surface area contributed by atoms with Crippen LogP contribution < -0.4 is 10.1 Å². The number of nitro groups is 1. The summed E-state index contributed by atoms with van der Waals surface area (Å²) in [6, 6.07) is 4.27. The molecule has 1 heterocycles. The van der Waals surface area contributed by atoms with Crippen LogP contribution in [0.4, 0.5) is 11.4 Å². The summed E-state index contributed by atoms with van der Waals surface area (Å²) in [6.45, 7) is 3.21. The van der Waals surface area contributed by atoms with Crippen molar-refractivity contribution in [3.63, 3.8) is 0 Å². The minimum absolute atomic E-state index is 0.0607. The smallest absolute Gasteiger partial charge is 0.311 e. The second-order valence-electron chi connectivity index (χ2n) is 5.56. The van der Waals surface area contributed by atoms with Crippen LogP contribution in [-0.4, -0.2) is 55.1 Å². The topological polar surface area (TPSA) is 111 Å². The van der Waals surface area contributed by atoms with Gasteiger partial charge in [0.25, 0.3) is 5.69 Å². The summed E-state index contributed by atoms with van der Waals surface area (Å²) in [5.41, 5.74) is 0.538. The van der Waals surface area contributed by atoms with E-state index in [0.29, 0.717) is 37.7 Å². The number of rotatable bonds is 8. The molecule has 1 aliphatic heterocycles. The molecule has 1 saturated heterocycles. The average molecular weight is 351 g/mol. The number of non-ortho nitro benzene ring substituents is 1. The molecule has 0 bridgehead atoms. The zero-order valence-corrected chi connectivity index (χ0v) is 14.2. The maximum atomic E-state index is 12.0. The third-order valence-corrected chi connectivity index (χ3v) is 3.93. The van der Waals surface area contributed by atoms with Crippen LogP contribution >= 0.6 is 0 Å². The lowest BCUT2D eigenvalue weighted by atomic mass is 10.1. The van der Waals surface area contributed by atoms with E-state index in [-0.39, 0.29) is 24.0 Å². The Labute approximate surface area is 145 Å². The second-order valence-corrected chi connectivity index (χ2v) is 5.56. The van der Waals surface area contributed by atoms with E-state index in [1.165, 1.54) is 19.2 Å². The molecule has 9 heteroatoms. The van der Waals surface area contributed by atoms with Gasteiger partial charge in [0, 0.05) is 32.1 Å². The van der Waals surface area contributed by atoms with Crippen LogP contribution in [0.1, 0.15) is 13.3 Å². The van der Waals surface area contributed by atoms with E-state index in [1.807, 2.05) is 0 Å². The monoisotopic (exact) mass is 351 g/mol. The lowest BCUT2D eigenvalue weighted by molar-refractivity contribution is -0.384. The number of anilines is 1. The van der Waals surface area contributed by atoms with Crippen LogP contribution in [0.15, 0.2) is 18.2 Å². The largest absolute Gasteiger partial charge is 0.494 e. The van der Waals surface area contributed by atoms with Gasteiger partial charge in [-0.1, -0.05) is 0 Å². The van der Waals surface area contributed by atoms with Crippen molar-refractivity contribution >= 4 is 23.3 Å². The number of carbonyl (C=O) groups excluding carboxylic acids is 2. The third kappa shape index (κ3) is 4.59. The van der Waals surface area contributed by atoms with Crippen molar-refractivity contribution in [2.24, 2.45) is 5.92 Å². The van der Waals surface area contributed by atoms with Gasteiger partial charge in [-0.05, 0) is 13.0 Å². The van der Waals surface area contributed by atoms with Crippen molar-refractivity contribution in [2.75, 3.05) is 38.7 Å². The van der Waals surface area contributed by atoms with Crippen molar-refractivity contribution in [3.8, 4) is 5.75 Å². The van der Waals surface area contributed by atoms with E-state index in [0.717, 1.165) is 0 Å². The van der Waals surface area contributed by atoms with Crippen LogP contribution in [0, 0.1) is 16.0 Å². The first-order valence-electron chi connectivity index (χ1n) is 7.97. The lowest BCUT2D eigenvalue weighted by Crippen LogP contribution is -2.31. The van der Waals surface area contributed by atoms with E-state index in [4.69, 9.17) is 9.47 Å². The van der Waals surface area contributed by atoms with Crippen LogP contribution in [0.5, 0.6) is 5.75 Å². The second kappa shape index (κ2) is 8.32. The fraction of sp³-hybridized carbons (Fsp3) is 0.500. The SMILES string of the molecule is CCOC(=O)[C@H]1CC(=O)N(CCNc2ccc([N+](=O)[O-])cc2OC)C1. The molecule has 1 fully saturated rings. The molecule has 1 aliphatic rings. The minimum Gasteiger partial charge on any atom is -0.494 e. The number of nitrogens with zero attached hydrogens (tertiary/aromatic N) is 2. The summed E-state index contributed by atoms with van der Waals surface area (Å²) >= 11 is 0. The van der Waals surface area contributed by atoms with Gasteiger partial charge in [0.1, 0.15) is 5.75 Å². The molecule has 0 radical (unpaired) electrons. The number of likely N-dealkylation sites (tertiary alicyclic amines) is 1. The van der Waals surface area contributed by atoms with Gasteiger partial charge in [0.05, 0.1) is 36.3 Å². The van der Waals surface area contributed by atoms with E-state index >= 15 is 0 Å². The van der Waals surface area contributed by atoms with Crippen molar-refractivity contribution in [2.45, 2.75) is 13.3 Å². The predicted molar refractivity (Wildman–Crippen MR) is 89.5 cm³/mol. The number of carbonyl (C=O) groups is 2. The quantitative estimate of drug-likeness (QED) is 0.428. The summed E-state index contributed by atoms with van der Waals surface area (Å²) in [5, 5.41) is 13.9. The van der Waals surface area contributed by atoms with Crippen molar-refractivity contribution in [3.05, 3.63) is 28.3 Å². The van der Waals surface area contributed by atoms with Gasteiger partial charge in [0.15, 0.2) is 0 Å². The number of nitro benzene ring substituents is 1. The Bertz CT molecular complexity index is 663. The molecule has 136 valence electrons. The molecule has 1 N–H and O–H groups in total. The molecular formula is C16H21N3O6. The number of amides is 1. The van der Waals surface area contributed by atoms with Crippen LogP contribution in [0.2, 0.25) is 0 Å². The minimum atomic E-state index is -0.495. The Balaban J connectivity index is 1.89. The van der Waals surface area contributed by atoms with Gasteiger partial charge in [-0.3, -0.25) is 19.7 Å².